The molecule has 3 aromatic rings. The van der Waals surface area contributed by atoms with Gasteiger partial charge in [0.1, 0.15) is 0 Å². The lowest BCUT2D eigenvalue weighted by Gasteiger charge is -1.98. The van der Waals surface area contributed by atoms with Crippen molar-refractivity contribution in [2.24, 2.45) is 12.8 Å². The van der Waals surface area contributed by atoms with Crippen molar-refractivity contribution in [3.8, 4) is 11.3 Å². The molecule has 0 saturated carbocycles. The maximum Gasteiger partial charge on any atom is 0.0970 e. The predicted octanol–water partition coefficient (Wildman–Crippen LogP) is 3.07. The predicted molar refractivity (Wildman–Crippen MR) is 76.7 cm³/mol. The molecule has 18 heavy (non-hydrogen) atoms. The molecule has 2 heterocycles. The smallest absolute Gasteiger partial charge is 0.0970 e. The van der Waals surface area contributed by atoms with Crippen LogP contribution in [0.1, 0.15) is 11.3 Å². The fraction of sp³-hybridized carbons (Fsp3) is 0.214. The third kappa shape index (κ3) is 1.57. The van der Waals surface area contributed by atoms with E-state index in [9.17, 15) is 0 Å². The van der Waals surface area contributed by atoms with Gasteiger partial charge in [0.15, 0.2) is 0 Å². The van der Waals surface area contributed by atoms with E-state index in [0.717, 1.165) is 11.4 Å². The minimum atomic E-state index is 0.525. The van der Waals surface area contributed by atoms with Crippen LogP contribution in [-0.2, 0) is 13.6 Å². The van der Waals surface area contributed by atoms with Gasteiger partial charge < -0.3 is 5.73 Å². The molecule has 1 aromatic carbocycles. The van der Waals surface area contributed by atoms with E-state index in [1.165, 1.54) is 21.2 Å². The van der Waals surface area contributed by atoms with Crippen molar-refractivity contribution in [2.75, 3.05) is 0 Å². The molecule has 0 fully saturated rings. The molecular formula is C14H15N3S. The van der Waals surface area contributed by atoms with Gasteiger partial charge in [-0.05, 0) is 18.6 Å². The van der Waals surface area contributed by atoms with Crippen molar-refractivity contribution in [3.63, 3.8) is 0 Å². The van der Waals surface area contributed by atoms with E-state index in [-0.39, 0.29) is 0 Å². The van der Waals surface area contributed by atoms with Gasteiger partial charge in [0, 0.05) is 34.6 Å². The highest BCUT2D eigenvalue weighted by molar-refractivity contribution is 7.17. The van der Waals surface area contributed by atoms with Crippen LogP contribution in [0.3, 0.4) is 0 Å². The fourth-order valence-corrected chi connectivity index (χ4v) is 3.31. The van der Waals surface area contributed by atoms with Crippen molar-refractivity contribution < 1.29 is 0 Å². The van der Waals surface area contributed by atoms with E-state index < -0.39 is 0 Å². The number of benzene rings is 1. The molecule has 3 rings (SSSR count). The Balaban J connectivity index is 2.27. The van der Waals surface area contributed by atoms with Gasteiger partial charge in [0.25, 0.3) is 0 Å². The van der Waals surface area contributed by atoms with Crippen LogP contribution in [0.25, 0.3) is 21.3 Å². The lowest BCUT2D eigenvalue weighted by atomic mass is 10.1. The Labute approximate surface area is 110 Å². The molecule has 0 bridgehead atoms. The Morgan fingerprint density at radius 2 is 2.11 bits per heavy atom. The van der Waals surface area contributed by atoms with E-state index >= 15 is 0 Å². The maximum atomic E-state index is 5.77. The fourth-order valence-electron chi connectivity index (χ4n) is 2.37. The second-order valence-electron chi connectivity index (χ2n) is 4.39. The first-order chi connectivity index (χ1) is 8.72. The molecule has 0 atom stereocenters. The van der Waals surface area contributed by atoms with Crippen LogP contribution in [0.4, 0.5) is 0 Å². The van der Waals surface area contributed by atoms with Gasteiger partial charge in [0.2, 0.25) is 0 Å². The van der Waals surface area contributed by atoms with Crippen LogP contribution in [0.15, 0.2) is 29.6 Å². The van der Waals surface area contributed by atoms with Gasteiger partial charge in [-0.1, -0.05) is 18.2 Å². The number of hydrogen-bond acceptors (Lipinski definition) is 3. The molecule has 0 aliphatic rings. The lowest BCUT2D eigenvalue weighted by molar-refractivity contribution is 0.712. The molecule has 92 valence electrons. The molecule has 3 nitrogen and oxygen atoms in total. The SMILES string of the molecule is Cc1c(-c2csc3ccccc23)nn(C)c1CN. The lowest BCUT2D eigenvalue weighted by Crippen LogP contribution is -2.05. The third-order valence-electron chi connectivity index (χ3n) is 3.36. The number of hydrogen-bond donors (Lipinski definition) is 1. The summed E-state index contributed by atoms with van der Waals surface area (Å²) in [6.07, 6.45) is 0. The second-order valence-corrected chi connectivity index (χ2v) is 5.30. The largest absolute Gasteiger partial charge is 0.325 e. The Hall–Kier alpha value is -1.65. The van der Waals surface area contributed by atoms with Crippen molar-refractivity contribution in [3.05, 3.63) is 40.9 Å². The number of rotatable bonds is 2. The number of fused-ring (bicyclic) bond motifs is 1. The van der Waals surface area contributed by atoms with Crippen LogP contribution in [0, 0.1) is 6.92 Å². The first kappa shape index (κ1) is 11.4. The van der Waals surface area contributed by atoms with E-state index in [1.807, 2.05) is 11.7 Å². The van der Waals surface area contributed by atoms with Crippen LogP contribution in [0.2, 0.25) is 0 Å². The summed E-state index contributed by atoms with van der Waals surface area (Å²) in [6.45, 7) is 2.62. The van der Waals surface area contributed by atoms with Gasteiger partial charge in [-0.3, -0.25) is 4.68 Å². The summed E-state index contributed by atoms with van der Waals surface area (Å²) in [5, 5.41) is 8.07. The number of nitrogens with two attached hydrogens (primary N) is 1. The maximum absolute atomic E-state index is 5.77. The van der Waals surface area contributed by atoms with Crippen molar-refractivity contribution >= 4 is 21.4 Å². The van der Waals surface area contributed by atoms with Crippen molar-refractivity contribution in [2.45, 2.75) is 13.5 Å². The summed E-state index contributed by atoms with van der Waals surface area (Å²) in [6, 6.07) is 8.43. The molecule has 2 aromatic heterocycles. The third-order valence-corrected chi connectivity index (χ3v) is 4.32. The van der Waals surface area contributed by atoms with Crippen molar-refractivity contribution in [1.29, 1.82) is 0 Å². The molecule has 0 aliphatic heterocycles. The standard InChI is InChI=1S/C14H15N3S/c1-9-12(7-15)17(2)16-14(9)11-8-18-13-6-4-3-5-10(11)13/h3-6,8H,7,15H2,1-2H3. The summed E-state index contributed by atoms with van der Waals surface area (Å²) in [5.74, 6) is 0. The Bertz CT molecular complexity index is 709. The second kappa shape index (κ2) is 4.23. The van der Waals surface area contributed by atoms with Crippen molar-refractivity contribution in [1.82, 2.24) is 9.78 Å². The monoisotopic (exact) mass is 257 g/mol. The highest BCUT2D eigenvalue weighted by Crippen LogP contribution is 2.35. The van der Waals surface area contributed by atoms with Crippen LogP contribution < -0.4 is 5.73 Å². The quantitative estimate of drug-likeness (QED) is 0.766. The van der Waals surface area contributed by atoms with E-state index in [2.05, 4.69) is 41.7 Å². The molecule has 0 saturated heterocycles. The van der Waals surface area contributed by atoms with Gasteiger partial charge in [-0.2, -0.15) is 5.10 Å². The minimum Gasteiger partial charge on any atom is -0.325 e. The number of nitrogens with zero attached hydrogens (tertiary/aromatic N) is 2. The zero-order valence-corrected chi connectivity index (χ0v) is 11.3. The first-order valence-corrected chi connectivity index (χ1v) is 6.79. The Morgan fingerprint density at radius 1 is 1.33 bits per heavy atom. The van der Waals surface area contributed by atoms with E-state index in [4.69, 9.17) is 5.73 Å². The van der Waals surface area contributed by atoms with Gasteiger partial charge >= 0.3 is 0 Å². The molecule has 0 radical (unpaired) electrons. The summed E-state index contributed by atoms with van der Waals surface area (Å²) >= 11 is 1.76. The average molecular weight is 257 g/mol. The van der Waals surface area contributed by atoms with Crippen LogP contribution in [0.5, 0.6) is 0 Å². The van der Waals surface area contributed by atoms with Gasteiger partial charge in [-0.15, -0.1) is 11.3 Å². The molecule has 2 N–H and O–H groups in total. The van der Waals surface area contributed by atoms with E-state index in [0.29, 0.717) is 6.54 Å². The minimum absolute atomic E-state index is 0.525. The van der Waals surface area contributed by atoms with Crippen LogP contribution in [-0.4, -0.2) is 9.78 Å². The summed E-state index contributed by atoms with van der Waals surface area (Å²) in [4.78, 5) is 0. The highest BCUT2D eigenvalue weighted by atomic mass is 32.1. The zero-order valence-electron chi connectivity index (χ0n) is 10.5. The molecule has 0 spiro atoms. The van der Waals surface area contributed by atoms with Gasteiger partial charge in [-0.25, -0.2) is 0 Å². The first-order valence-electron chi connectivity index (χ1n) is 5.91. The molecule has 0 aliphatic carbocycles. The molecule has 0 unspecified atom stereocenters. The van der Waals surface area contributed by atoms with Crippen LogP contribution >= 0.6 is 11.3 Å². The summed E-state index contributed by atoms with van der Waals surface area (Å²) in [7, 11) is 1.95. The molecule has 4 heteroatoms. The summed E-state index contributed by atoms with van der Waals surface area (Å²) < 4.78 is 3.18. The zero-order chi connectivity index (χ0) is 12.7. The number of aromatic nitrogens is 2. The number of thiophene rings is 1. The number of aryl methyl sites for hydroxylation is 1. The van der Waals surface area contributed by atoms with E-state index in [1.54, 1.807) is 11.3 Å². The van der Waals surface area contributed by atoms with Gasteiger partial charge in [0.05, 0.1) is 11.4 Å². The summed E-state index contributed by atoms with van der Waals surface area (Å²) in [5.41, 5.74) is 10.3. The topological polar surface area (TPSA) is 43.8 Å². The molecular weight excluding hydrogens is 242 g/mol. The Kier molecular flexibility index (Phi) is 2.69. The normalized spacial score (nSPS) is 11.3. The highest BCUT2D eigenvalue weighted by Gasteiger charge is 2.15. The Morgan fingerprint density at radius 3 is 2.83 bits per heavy atom. The average Bonchev–Trinajstić information content (AvgIpc) is 2.91. The molecule has 0 amide bonds.